The van der Waals surface area contributed by atoms with Gasteiger partial charge in [0, 0.05) is 45.0 Å². The molecule has 0 unspecified atom stereocenters. The molecule has 2 heteroatoms. The summed E-state index contributed by atoms with van der Waals surface area (Å²) in [6.07, 6.45) is 4.66. The molecule has 85 heavy (non-hydrogen) atoms. The average molecular weight is 1090 g/mol. The zero-order valence-electron chi connectivity index (χ0n) is 48.0. The van der Waals surface area contributed by atoms with Crippen molar-refractivity contribution in [3.63, 3.8) is 0 Å². The molecule has 15 rings (SSSR count). The van der Waals surface area contributed by atoms with Crippen molar-refractivity contribution in [1.82, 2.24) is 0 Å². The van der Waals surface area contributed by atoms with Crippen molar-refractivity contribution in [3.05, 3.63) is 302 Å². The van der Waals surface area contributed by atoms with E-state index in [0.717, 1.165) is 41.2 Å². The maximum Gasteiger partial charge on any atom is 0.0464 e. The highest BCUT2D eigenvalue weighted by atomic mass is 14.9. The maximum atomic E-state index is 4.05. The van der Waals surface area contributed by atoms with Gasteiger partial charge in [0.2, 0.25) is 0 Å². The van der Waals surface area contributed by atoms with Crippen molar-refractivity contribution in [1.29, 1.82) is 0 Å². The van der Waals surface area contributed by atoms with E-state index in [9.17, 15) is 0 Å². The quantitative estimate of drug-likeness (QED) is 0.127. The van der Waals surface area contributed by atoms with Crippen LogP contribution in [-0.4, -0.2) is 0 Å². The third-order valence-corrected chi connectivity index (χ3v) is 17.9. The van der Waals surface area contributed by atoms with E-state index in [0.29, 0.717) is 5.92 Å². The summed E-state index contributed by atoms with van der Waals surface area (Å²) in [4.78, 5) is 0. The van der Waals surface area contributed by atoms with Gasteiger partial charge >= 0.3 is 0 Å². The maximum absolute atomic E-state index is 4.05. The first-order valence-electron chi connectivity index (χ1n) is 30.2. The molecule has 0 fully saturated rings. The molecular weight excluding hydrogens is 1020 g/mol. The fraction of sp³-hybridized carbons (Fsp3) is 0.0843. The van der Waals surface area contributed by atoms with Crippen molar-refractivity contribution in [2.24, 2.45) is 0 Å². The van der Waals surface area contributed by atoms with E-state index < -0.39 is 0 Å². The number of rotatable bonds is 12. The Bertz CT molecular complexity index is 4860. The molecule has 2 nitrogen and oxygen atoms in total. The lowest BCUT2D eigenvalue weighted by molar-refractivity contribution is 0.687. The number of nitrogens with one attached hydrogen (secondary N) is 2. The van der Waals surface area contributed by atoms with Crippen molar-refractivity contribution >= 4 is 65.8 Å². The van der Waals surface area contributed by atoms with Crippen LogP contribution < -0.4 is 10.6 Å². The van der Waals surface area contributed by atoms with Gasteiger partial charge in [-0.2, -0.15) is 0 Å². The van der Waals surface area contributed by atoms with Crippen molar-refractivity contribution in [2.75, 3.05) is 10.6 Å². The van der Waals surface area contributed by atoms with Crippen molar-refractivity contribution in [2.45, 2.75) is 45.4 Å². The van der Waals surface area contributed by atoms with Crippen molar-refractivity contribution < 1.29 is 0 Å². The number of aryl methyl sites for hydroxylation is 1. The molecule has 0 spiro atoms. The van der Waals surface area contributed by atoms with E-state index in [2.05, 4.69) is 310 Å². The molecule has 0 amide bonds. The number of anilines is 4. The Kier molecular flexibility index (Phi) is 13.4. The minimum absolute atomic E-state index is 0.492. The summed E-state index contributed by atoms with van der Waals surface area (Å²) in [6.45, 7) is 4.51. The van der Waals surface area contributed by atoms with Crippen LogP contribution in [0.1, 0.15) is 49.3 Å². The van der Waals surface area contributed by atoms with Crippen molar-refractivity contribution in [3.8, 4) is 77.9 Å². The lowest BCUT2D eigenvalue weighted by Gasteiger charge is -2.23. The van der Waals surface area contributed by atoms with E-state index in [-0.39, 0.29) is 0 Å². The second-order valence-corrected chi connectivity index (χ2v) is 23.3. The summed E-state index contributed by atoms with van der Waals surface area (Å²) < 4.78 is 0. The average Bonchev–Trinajstić information content (AvgIpc) is 2.34. The van der Waals surface area contributed by atoms with Crippen LogP contribution >= 0.6 is 0 Å². The third kappa shape index (κ3) is 9.70. The molecule has 1 aliphatic rings. The van der Waals surface area contributed by atoms with Crippen LogP contribution in [0, 0.1) is 0 Å². The number of hydrogen-bond donors (Lipinski definition) is 2. The smallest absolute Gasteiger partial charge is 0.0464 e. The molecule has 0 radical (unpaired) electrons. The van der Waals surface area contributed by atoms with Gasteiger partial charge in [0.05, 0.1) is 0 Å². The van der Waals surface area contributed by atoms with Crippen LogP contribution in [0.4, 0.5) is 22.7 Å². The lowest BCUT2D eigenvalue weighted by atomic mass is 9.84. The van der Waals surface area contributed by atoms with Gasteiger partial charge in [-0.05, 0) is 189 Å². The summed E-state index contributed by atoms with van der Waals surface area (Å²) in [7, 11) is 0. The molecule has 0 heterocycles. The Hall–Kier alpha value is -10.3. The Labute approximate surface area is 498 Å². The zero-order chi connectivity index (χ0) is 56.8. The molecule has 0 saturated carbocycles. The van der Waals surface area contributed by atoms with E-state index in [1.807, 2.05) is 0 Å². The molecule has 0 bridgehead atoms. The molecule has 0 atom stereocenters. The van der Waals surface area contributed by atoms with Crippen LogP contribution in [0.25, 0.3) is 121 Å². The molecule has 14 aromatic carbocycles. The van der Waals surface area contributed by atoms with E-state index in [1.54, 1.807) is 0 Å². The van der Waals surface area contributed by atoms with Gasteiger partial charge in [-0.15, -0.1) is 0 Å². The van der Waals surface area contributed by atoms with Crippen LogP contribution in [0.3, 0.4) is 0 Å². The van der Waals surface area contributed by atoms with Gasteiger partial charge < -0.3 is 10.6 Å². The second-order valence-electron chi connectivity index (χ2n) is 23.3. The Morgan fingerprint density at radius 2 is 0.671 bits per heavy atom. The number of hydrogen-bond acceptors (Lipinski definition) is 2. The SMILES string of the molecule is CC(C)c1ccc(-c2ccc(-c3ccccc3Nc3ccc(-c4ccc5cc(-c6ccc(-c7ccccc7Nc7ccccc7-c7cccc8ccccc78)c7ccccc67)ccc5c4)cc3-c3cccc4c3CCCC4)c3ccccc23)cc1. The first kappa shape index (κ1) is 51.6. The predicted octanol–water partition coefficient (Wildman–Crippen LogP) is 23.5. The largest absolute Gasteiger partial charge is 0.355 e. The van der Waals surface area contributed by atoms with Gasteiger partial charge in [-0.3, -0.25) is 0 Å². The van der Waals surface area contributed by atoms with E-state index in [4.69, 9.17) is 0 Å². The summed E-state index contributed by atoms with van der Waals surface area (Å²) in [6, 6.07) is 106. The molecule has 1 aliphatic carbocycles. The Morgan fingerprint density at radius 1 is 0.259 bits per heavy atom. The first-order chi connectivity index (χ1) is 42.0. The normalized spacial score (nSPS) is 12.3. The predicted molar refractivity (Wildman–Crippen MR) is 365 cm³/mol. The minimum atomic E-state index is 0.492. The number of fused-ring (bicyclic) bond motifs is 5. The Balaban J connectivity index is 0.761. The summed E-state index contributed by atoms with van der Waals surface area (Å²) >= 11 is 0. The summed E-state index contributed by atoms with van der Waals surface area (Å²) in [5, 5.41) is 17.8. The monoisotopic (exact) mass is 1090 g/mol. The molecule has 0 saturated heterocycles. The first-order valence-corrected chi connectivity index (χ1v) is 30.2. The number of para-hydroxylation sites is 3. The number of benzene rings is 14. The fourth-order valence-corrected chi connectivity index (χ4v) is 13.5. The van der Waals surface area contributed by atoms with E-state index >= 15 is 0 Å². The van der Waals surface area contributed by atoms with Gasteiger partial charge in [-0.1, -0.05) is 257 Å². The minimum Gasteiger partial charge on any atom is -0.355 e. The standard InChI is InChI=1S/C83H64N2/c1-54(2)55-37-39-58(40-38-55)66-46-48-74(72-27-9-7-25-68(66)72)78-31-13-16-36-82(78)85-83-50-45-62(53-79(83)71-33-18-22-57-20-4-6-24-65(57)71)60-41-42-61-52-63(44-43-59(61)51-60)67-47-49-75(73-28-10-8-26-69(67)73)77-30-12-15-35-81(77)84-80-34-14-11-29-76(80)70-32-17-21-56-19-3-5-23-64(56)70/h3,5,7-19,21-23,25-54,84-85H,4,6,20,24H2,1-2H3. The zero-order valence-corrected chi connectivity index (χ0v) is 48.0. The molecule has 2 N–H and O–H groups in total. The van der Waals surface area contributed by atoms with Gasteiger partial charge in [0.15, 0.2) is 0 Å². The summed E-state index contributed by atoms with van der Waals surface area (Å²) in [5.41, 5.74) is 25.6. The van der Waals surface area contributed by atoms with Gasteiger partial charge in [0.1, 0.15) is 0 Å². The highest BCUT2D eigenvalue weighted by Crippen LogP contribution is 2.46. The molecule has 406 valence electrons. The highest BCUT2D eigenvalue weighted by molar-refractivity contribution is 6.10. The third-order valence-electron chi connectivity index (χ3n) is 17.9. The van der Waals surface area contributed by atoms with Gasteiger partial charge in [-0.25, -0.2) is 0 Å². The second kappa shape index (κ2) is 22.1. The Morgan fingerprint density at radius 3 is 1.29 bits per heavy atom. The molecule has 0 aliphatic heterocycles. The fourth-order valence-electron chi connectivity index (χ4n) is 13.5. The van der Waals surface area contributed by atoms with E-state index in [1.165, 1.54) is 145 Å². The van der Waals surface area contributed by atoms with Crippen LogP contribution in [0.5, 0.6) is 0 Å². The molecule has 0 aromatic heterocycles. The van der Waals surface area contributed by atoms with Crippen LogP contribution in [0.15, 0.2) is 285 Å². The van der Waals surface area contributed by atoms with Gasteiger partial charge in [0.25, 0.3) is 0 Å². The van der Waals surface area contributed by atoms with Crippen LogP contribution in [-0.2, 0) is 12.8 Å². The van der Waals surface area contributed by atoms with Crippen LogP contribution in [0.2, 0.25) is 0 Å². The molecule has 14 aromatic rings. The highest BCUT2D eigenvalue weighted by Gasteiger charge is 2.21. The lowest BCUT2D eigenvalue weighted by Crippen LogP contribution is -2.05. The summed E-state index contributed by atoms with van der Waals surface area (Å²) in [5.74, 6) is 0.492. The molecular formula is C83H64N2. The topological polar surface area (TPSA) is 24.1 Å².